The van der Waals surface area contributed by atoms with E-state index in [2.05, 4.69) is 5.32 Å². The summed E-state index contributed by atoms with van der Waals surface area (Å²) in [7, 11) is 1.64. The second-order valence-corrected chi connectivity index (χ2v) is 7.16. The van der Waals surface area contributed by atoms with E-state index in [0.29, 0.717) is 4.34 Å². The van der Waals surface area contributed by atoms with E-state index in [4.69, 9.17) is 16.3 Å². The smallest absolute Gasteiger partial charge is 0.322 e. The van der Waals surface area contributed by atoms with Crippen molar-refractivity contribution in [2.75, 3.05) is 12.0 Å². The quantitative estimate of drug-likeness (QED) is 0.900. The Bertz CT molecular complexity index is 714. The first-order chi connectivity index (χ1) is 10.5. The van der Waals surface area contributed by atoms with Crippen molar-refractivity contribution >= 4 is 34.7 Å². The van der Waals surface area contributed by atoms with Crippen molar-refractivity contribution in [3.05, 3.63) is 45.1 Å². The van der Waals surface area contributed by atoms with Gasteiger partial charge < -0.3 is 10.1 Å². The zero-order valence-corrected chi connectivity index (χ0v) is 14.2. The number of hydrogen-bond donors (Lipinski definition) is 1. The lowest BCUT2D eigenvalue weighted by Crippen LogP contribution is -2.49. The Morgan fingerprint density at radius 3 is 2.68 bits per heavy atom. The highest BCUT2D eigenvalue weighted by molar-refractivity contribution is 7.16. The molecule has 2 heterocycles. The molecule has 1 atom stereocenters. The Hall–Kier alpha value is -1.72. The van der Waals surface area contributed by atoms with Crippen LogP contribution in [-0.4, -0.2) is 19.2 Å². The third-order valence-electron chi connectivity index (χ3n) is 3.69. The van der Waals surface area contributed by atoms with Gasteiger partial charge in [-0.2, -0.15) is 0 Å². The summed E-state index contributed by atoms with van der Waals surface area (Å²) in [6.07, 6.45) is 0. The molecule has 1 N–H and O–H groups in total. The molecule has 1 aromatic heterocycles. The van der Waals surface area contributed by atoms with Crippen LogP contribution in [0.1, 0.15) is 30.3 Å². The highest BCUT2D eigenvalue weighted by Crippen LogP contribution is 2.40. The molecule has 0 aliphatic carbocycles. The van der Waals surface area contributed by atoms with Crippen molar-refractivity contribution in [3.8, 4) is 5.75 Å². The minimum Gasteiger partial charge on any atom is -0.497 e. The SMILES string of the molecule is COc1ccc2c(c1)C(c1ccc(Cl)s1)NC(=O)N2C(C)C. The monoisotopic (exact) mass is 336 g/mol. The summed E-state index contributed by atoms with van der Waals surface area (Å²) in [5.74, 6) is 0.770. The number of halogens is 1. The normalized spacial score (nSPS) is 17.4. The van der Waals surface area contributed by atoms with Crippen molar-refractivity contribution in [2.45, 2.75) is 25.9 Å². The number of carbonyl (C=O) groups is 1. The van der Waals surface area contributed by atoms with Crippen LogP contribution in [0.5, 0.6) is 5.75 Å². The average molecular weight is 337 g/mol. The van der Waals surface area contributed by atoms with E-state index in [0.717, 1.165) is 21.9 Å². The first-order valence-electron chi connectivity index (χ1n) is 7.04. The molecule has 0 spiro atoms. The summed E-state index contributed by atoms with van der Waals surface area (Å²) in [6.45, 7) is 3.99. The standard InChI is InChI=1S/C16H17ClN2O2S/c1-9(2)19-12-5-4-10(21-3)8-11(12)15(18-16(19)20)13-6-7-14(17)22-13/h4-9,15H,1-3H3,(H,18,20). The Morgan fingerprint density at radius 2 is 2.09 bits per heavy atom. The highest BCUT2D eigenvalue weighted by atomic mass is 35.5. The van der Waals surface area contributed by atoms with E-state index < -0.39 is 0 Å². The Morgan fingerprint density at radius 1 is 1.32 bits per heavy atom. The van der Waals surface area contributed by atoms with Crippen molar-refractivity contribution < 1.29 is 9.53 Å². The number of methoxy groups -OCH3 is 1. The summed E-state index contributed by atoms with van der Waals surface area (Å²) >= 11 is 7.53. The van der Waals surface area contributed by atoms with Crippen LogP contribution in [0, 0.1) is 0 Å². The van der Waals surface area contributed by atoms with E-state index in [-0.39, 0.29) is 18.1 Å². The number of rotatable bonds is 3. The van der Waals surface area contributed by atoms with Gasteiger partial charge in [0.1, 0.15) is 5.75 Å². The minimum absolute atomic E-state index is 0.0695. The summed E-state index contributed by atoms with van der Waals surface area (Å²) < 4.78 is 6.05. The molecule has 0 radical (unpaired) electrons. The average Bonchev–Trinajstić information content (AvgIpc) is 2.91. The molecule has 1 aromatic carbocycles. The fraction of sp³-hybridized carbons (Fsp3) is 0.312. The van der Waals surface area contributed by atoms with Gasteiger partial charge in [0.25, 0.3) is 0 Å². The molecule has 2 aromatic rings. The number of benzene rings is 1. The third kappa shape index (κ3) is 2.55. The first kappa shape index (κ1) is 15.2. The van der Waals surface area contributed by atoms with Crippen molar-refractivity contribution in [1.82, 2.24) is 5.32 Å². The number of anilines is 1. The maximum absolute atomic E-state index is 12.5. The summed E-state index contributed by atoms with van der Waals surface area (Å²) in [6, 6.07) is 9.37. The van der Waals surface area contributed by atoms with Crippen LogP contribution in [0.25, 0.3) is 0 Å². The number of nitrogens with zero attached hydrogens (tertiary/aromatic N) is 1. The lowest BCUT2D eigenvalue weighted by Gasteiger charge is -2.37. The number of thiophene rings is 1. The molecular weight excluding hydrogens is 320 g/mol. The molecule has 1 unspecified atom stereocenters. The molecule has 4 nitrogen and oxygen atoms in total. The number of hydrogen-bond acceptors (Lipinski definition) is 3. The van der Waals surface area contributed by atoms with Crippen molar-refractivity contribution in [3.63, 3.8) is 0 Å². The van der Waals surface area contributed by atoms with E-state index in [1.54, 1.807) is 12.0 Å². The van der Waals surface area contributed by atoms with Crippen LogP contribution in [0.3, 0.4) is 0 Å². The van der Waals surface area contributed by atoms with Crippen LogP contribution >= 0.6 is 22.9 Å². The van der Waals surface area contributed by atoms with Gasteiger partial charge in [-0.05, 0) is 44.2 Å². The van der Waals surface area contributed by atoms with Gasteiger partial charge in [-0.25, -0.2) is 4.79 Å². The second kappa shape index (κ2) is 5.82. The van der Waals surface area contributed by atoms with E-state index in [9.17, 15) is 4.79 Å². The molecule has 0 bridgehead atoms. The molecule has 1 aliphatic rings. The van der Waals surface area contributed by atoms with Crippen LogP contribution in [0.2, 0.25) is 4.34 Å². The number of fused-ring (bicyclic) bond motifs is 1. The third-order valence-corrected chi connectivity index (χ3v) is 4.98. The number of urea groups is 1. The van der Waals surface area contributed by atoms with Crippen LogP contribution in [0.4, 0.5) is 10.5 Å². The number of nitrogens with one attached hydrogen (secondary N) is 1. The van der Waals surface area contributed by atoms with Crippen molar-refractivity contribution in [1.29, 1.82) is 0 Å². The Labute approximate surface area is 138 Å². The first-order valence-corrected chi connectivity index (χ1v) is 8.23. The Kier molecular flexibility index (Phi) is 4.02. The van der Waals surface area contributed by atoms with E-state index in [1.165, 1.54) is 11.3 Å². The zero-order chi connectivity index (χ0) is 15.9. The molecule has 3 rings (SSSR count). The van der Waals surface area contributed by atoms with Crippen LogP contribution < -0.4 is 15.0 Å². The molecule has 0 saturated carbocycles. The van der Waals surface area contributed by atoms with Gasteiger partial charge in [-0.1, -0.05) is 11.6 Å². The maximum Gasteiger partial charge on any atom is 0.322 e. The largest absolute Gasteiger partial charge is 0.497 e. The minimum atomic E-state index is -0.204. The lowest BCUT2D eigenvalue weighted by molar-refractivity contribution is 0.241. The van der Waals surface area contributed by atoms with Gasteiger partial charge in [0.15, 0.2) is 0 Å². The summed E-state index contributed by atoms with van der Waals surface area (Å²) in [4.78, 5) is 15.3. The molecule has 0 fully saturated rings. The van der Waals surface area contributed by atoms with Gasteiger partial charge >= 0.3 is 6.03 Å². The van der Waals surface area contributed by atoms with Crippen LogP contribution in [-0.2, 0) is 0 Å². The van der Waals surface area contributed by atoms with Gasteiger partial charge in [-0.3, -0.25) is 4.90 Å². The molecule has 22 heavy (non-hydrogen) atoms. The Balaban J connectivity index is 2.14. The van der Waals surface area contributed by atoms with Gasteiger partial charge in [-0.15, -0.1) is 11.3 Å². The predicted octanol–water partition coefficient (Wildman–Crippen LogP) is 4.44. The topological polar surface area (TPSA) is 41.6 Å². The number of ether oxygens (including phenoxy) is 1. The van der Waals surface area contributed by atoms with Gasteiger partial charge in [0, 0.05) is 16.5 Å². The molecule has 116 valence electrons. The van der Waals surface area contributed by atoms with Gasteiger partial charge in [0.2, 0.25) is 0 Å². The molecule has 2 amide bonds. The fourth-order valence-corrected chi connectivity index (χ4v) is 3.84. The predicted molar refractivity (Wildman–Crippen MR) is 90.3 cm³/mol. The fourth-order valence-electron chi connectivity index (χ4n) is 2.71. The maximum atomic E-state index is 12.5. The molecule has 0 saturated heterocycles. The molecule has 1 aliphatic heterocycles. The van der Waals surface area contributed by atoms with E-state index in [1.807, 2.05) is 44.2 Å². The van der Waals surface area contributed by atoms with Gasteiger partial charge in [0.05, 0.1) is 23.2 Å². The number of amides is 2. The highest BCUT2D eigenvalue weighted by Gasteiger charge is 2.33. The lowest BCUT2D eigenvalue weighted by atomic mass is 9.99. The van der Waals surface area contributed by atoms with Crippen LogP contribution in [0.15, 0.2) is 30.3 Å². The zero-order valence-electron chi connectivity index (χ0n) is 12.6. The molecular formula is C16H17ClN2O2S. The van der Waals surface area contributed by atoms with Crippen molar-refractivity contribution in [2.24, 2.45) is 0 Å². The summed E-state index contributed by atoms with van der Waals surface area (Å²) in [5, 5.41) is 3.07. The second-order valence-electron chi connectivity index (χ2n) is 5.41. The molecule has 6 heteroatoms. The van der Waals surface area contributed by atoms with E-state index >= 15 is 0 Å². The number of carbonyl (C=O) groups excluding carboxylic acids is 1. The summed E-state index contributed by atoms with van der Waals surface area (Å²) in [5.41, 5.74) is 1.93.